The van der Waals surface area contributed by atoms with E-state index in [0.29, 0.717) is 0 Å². The smallest absolute Gasteiger partial charge is 0.210 e. The van der Waals surface area contributed by atoms with E-state index in [9.17, 15) is 25.3 Å². The minimum Gasteiger partial charge on any atom is -0.229 e. The first-order chi connectivity index (χ1) is 8.42. The lowest BCUT2D eigenvalue weighted by Crippen LogP contribution is -2.23. The molecule has 0 radical (unpaired) electrons. The summed E-state index contributed by atoms with van der Waals surface area (Å²) in [4.78, 5) is -0.165. The van der Waals surface area contributed by atoms with Crippen LogP contribution in [0.5, 0.6) is 0 Å². The van der Waals surface area contributed by atoms with Crippen molar-refractivity contribution in [3.05, 3.63) is 24.3 Å². The summed E-state index contributed by atoms with van der Waals surface area (Å²) in [6, 6.07) is 4.54. The average molecular weight is 327 g/mol. The van der Waals surface area contributed by atoms with E-state index in [1.807, 2.05) is 0 Å². The summed E-state index contributed by atoms with van der Waals surface area (Å²) in [6.45, 7) is 0. The van der Waals surface area contributed by atoms with Gasteiger partial charge in [-0.15, -0.1) is 0 Å². The zero-order chi connectivity index (χ0) is 14.9. The van der Waals surface area contributed by atoms with Crippen molar-refractivity contribution in [1.29, 1.82) is 0 Å². The molecule has 1 rings (SSSR count). The van der Waals surface area contributed by atoms with Crippen molar-refractivity contribution in [2.24, 2.45) is 5.14 Å². The Morgan fingerprint density at radius 2 is 1.26 bits per heavy atom. The lowest BCUT2D eigenvalue weighted by atomic mass is 10.4. The second-order valence-electron chi connectivity index (χ2n) is 3.93. The Labute approximate surface area is 112 Å². The molecule has 1 aromatic carbocycles. The van der Waals surface area contributed by atoms with E-state index in [1.54, 1.807) is 0 Å². The highest BCUT2D eigenvalue weighted by atomic mass is 32.2. The van der Waals surface area contributed by atoms with E-state index < -0.39 is 41.2 Å². The van der Waals surface area contributed by atoms with Crippen molar-refractivity contribution >= 4 is 29.7 Å². The van der Waals surface area contributed by atoms with Crippen LogP contribution in [0.25, 0.3) is 0 Å². The largest absolute Gasteiger partial charge is 0.229 e. The Balaban J connectivity index is 3.04. The number of hydrogen-bond donors (Lipinski definition) is 1. The van der Waals surface area contributed by atoms with Crippen LogP contribution in [0, 0.1) is 0 Å². The molecule has 10 heteroatoms. The Bertz CT molecular complexity index is 760. The zero-order valence-corrected chi connectivity index (χ0v) is 12.4. The zero-order valence-electron chi connectivity index (χ0n) is 9.98. The van der Waals surface area contributed by atoms with Crippen molar-refractivity contribution in [2.75, 3.05) is 17.8 Å². The number of nitrogens with two attached hydrogens (primary N) is 1. The Hall–Kier alpha value is -0.970. The second-order valence-corrected chi connectivity index (χ2v) is 9.79. The summed E-state index contributed by atoms with van der Waals surface area (Å²) in [5.41, 5.74) is 0. The van der Waals surface area contributed by atoms with Gasteiger partial charge in [0.25, 0.3) is 0 Å². The van der Waals surface area contributed by atoms with E-state index in [4.69, 9.17) is 5.14 Å². The first-order valence-electron chi connectivity index (χ1n) is 4.95. The number of sulfone groups is 2. The number of rotatable bonds is 5. The quantitative estimate of drug-likeness (QED) is 0.750. The Kier molecular flexibility index (Phi) is 4.40. The first kappa shape index (κ1) is 16.1. The predicted octanol–water partition coefficient (Wildman–Crippen LogP) is -0.848. The fourth-order valence-corrected chi connectivity index (χ4v) is 4.46. The van der Waals surface area contributed by atoms with Gasteiger partial charge >= 0.3 is 0 Å². The van der Waals surface area contributed by atoms with Crippen LogP contribution >= 0.6 is 0 Å². The highest BCUT2D eigenvalue weighted by Crippen LogP contribution is 2.15. The molecule has 0 aromatic heterocycles. The SMILES string of the molecule is CS(=O)(=O)c1ccc(S(=O)(=O)CCS(N)(=O)=O)cc1. The van der Waals surface area contributed by atoms with E-state index in [0.717, 1.165) is 30.5 Å². The van der Waals surface area contributed by atoms with Gasteiger partial charge < -0.3 is 0 Å². The summed E-state index contributed by atoms with van der Waals surface area (Å²) < 4.78 is 67.4. The van der Waals surface area contributed by atoms with Crippen LogP contribution in [0.3, 0.4) is 0 Å². The average Bonchev–Trinajstić information content (AvgIpc) is 2.25. The van der Waals surface area contributed by atoms with Gasteiger partial charge in [0.1, 0.15) is 0 Å². The van der Waals surface area contributed by atoms with Crippen LogP contribution in [0.2, 0.25) is 0 Å². The third-order valence-electron chi connectivity index (χ3n) is 2.25. The van der Waals surface area contributed by atoms with Gasteiger partial charge in [0.05, 0.1) is 21.3 Å². The molecule has 0 spiro atoms. The molecule has 7 nitrogen and oxygen atoms in total. The summed E-state index contributed by atoms with van der Waals surface area (Å²) in [7, 11) is -11.1. The minimum atomic E-state index is -3.87. The van der Waals surface area contributed by atoms with Gasteiger partial charge in [-0.2, -0.15) is 0 Å². The molecular weight excluding hydrogens is 314 g/mol. The highest BCUT2D eigenvalue weighted by Gasteiger charge is 2.18. The third kappa shape index (κ3) is 4.90. The maximum Gasteiger partial charge on any atom is 0.210 e. The Morgan fingerprint density at radius 3 is 1.63 bits per heavy atom. The molecule has 0 fully saturated rings. The summed E-state index contributed by atoms with van der Waals surface area (Å²) in [5, 5.41) is 4.73. The molecule has 2 N–H and O–H groups in total. The molecule has 0 amide bonds. The van der Waals surface area contributed by atoms with Crippen molar-refractivity contribution in [1.82, 2.24) is 0 Å². The molecule has 0 saturated heterocycles. The molecular formula is C9H13NO6S3. The van der Waals surface area contributed by atoms with Crippen LogP contribution in [-0.2, 0) is 29.7 Å². The molecule has 0 saturated carbocycles. The Morgan fingerprint density at radius 1 is 0.842 bits per heavy atom. The number of benzene rings is 1. The molecule has 0 aliphatic heterocycles. The van der Waals surface area contributed by atoms with Gasteiger partial charge in [-0.3, -0.25) is 0 Å². The van der Waals surface area contributed by atoms with Gasteiger partial charge in [-0.25, -0.2) is 30.4 Å². The van der Waals surface area contributed by atoms with Crippen LogP contribution in [-0.4, -0.2) is 43.0 Å². The van der Waals surface area contributed by atoms with Crippen LogP contribution < -0.4 is 5.14 Å². The molecule has 0 heterocycles. The molecule has 108 valence electrons. The molecule has 0 unspecified atom stereocenters. The maximum absolute atomic E-state index is 11.8. The van der Waals surface area contributed by atoms with E-state index in [2.05, 4.69) is 0 Å². The van der Waals surface area contributed by atoms with Crippen LogP contribution in [0.15, 0.2) is 34.1 Å². The number of sulfonamides is 1. The third-order valence-corrected chi connectivity index (χ3v) is 6.14. The van der Waals surface area contributed by atoms with Crippen molar-refractivity contribution in [3.63, 3.8) is 0 Å². The van der Waals surface area contributed by atoms with Gasteiger partial charge in [-0.1, -0.05) is 0 Å². The normalized spacial score (nSPS) is 13.4. The van der Waals surface area contributed by atoms with Crippen molar-refractivity contribution < 1.29 is 25.3 Å². The van der Waals surface area contributed by atoms with Gasteiger partial charge in [0.2, 0.25) is 10.0 Å². The fraction of sp³-hybridized carbons (Fsp3) is 0.333. The summed E-state index contributed by atoms with van der Waals surface area (Å²) in [5.74, 6) is -1.34. The minimum absolute atomic E-state index is 0.0158. The molecule has 19 heavy (non-hydrogen) atoms. The molecule has 0 atom stereocenters. The second kappa shape index (κ2) is 5.19. The topological polar surface area (TPSA) is 128 Å². The van der Waals surface area contributed by atoms with Gasteiger partial charge in [0.15, 0.2) is 19.7 Å². The molecule has 0 aliphatic carbocycles. The standard InChI is InChI=1S/C9H13NO6S3/c1-17(11,12)8-2-4-9(5-3-8)18(13,14)6-7-19(10,15)16/h2-5H,6-7H2,1H3,(H2,10,15,16). The number of primary sulfonamides is 1. The van der Waals surface area contributed by atoms with Crippen LogP contribution in [0.4, 0.5) is 0 Å². The molecule has 0 bridgehead atoms. The molecule has 0 aliphatic rings. The van der Waals surface area contributed by atoms with Gasteiger partial charge in [0, 0.05) is 6.26 Å². The monoisotopic (exact) mass is 327 g/mol. The lowest BCUT2D eigenvalue weighted by Gasteiger charge is -2.04. The van der Waals surface area contributed by atoms with E-state index in [-0.39, 0.29) is 9.79 Å². The van der Waals surface area contributed by atoms with E-state index in [1.165, 1.54) is 0 Å². The van der Waals surface area contributed by atoms with E-state index >= 15 is 0 Å². The molecule has 1 aromatic rings. The lowest BCUT2D eigenvalue weighted by molar-refractivity contribution is 0.588. The predicted molar refractivity (Wildman–Crippen MR) is 69.6 cm³/mol. The first-order valence-corrected chi connectivity index (χ1v) is 10.2. The fourth-order valence-electron chi connectivity index (χ4n) is 1.24. The van der Waals surface area contributed by atoms with Gasteiger partial charge in [-0.05, 0) is 24.3 Å². The van der Waals surface area contributed by atoms with Crippen LogP contribution in [0.1, 0.15) is 0 Å². The van der Waals surface area contributed by atoms with Crippen molar-refractivity contribution in [3.8, 4) is 0 Å². The summed E-state index contributed by atoms with van der Waals surface area (Å²) in [6.07, 6.45) is 0.998. The number of hydrogen-bond acceptors (Lipinski definition) is 6. The highest BCUT2D eigenvalue weighted by molar-refractivity contribution is 7.94. The van der Waals surface area contributed by atoms with Crippen molar-refractivity contribution in [2.45, 2.75) is 9.79 Å². The summed E-state index contributed by atoms with van der Waals surface area (Å²) >= 11 is 0. The maximum atomic E-state index is 11.8.